The molecule has 2 rings (SSSR count). The average molecular weight is 224 g/mol. The van der Waals surface area contributed by atoms with Crippen LogP contribution in [0.2, 0.25) is 0 Å². The molecule has 0 bridgehead atoms. The van der Waals surface area contributed by atoms with E-state index in [1.807, 2.05) is 0 Å². The largest absolute Gasteiger partial charge is 0.317 e. The van der Waals surface area contributed by atoms with E-state index < -0.39 is 0 Å². The van der Waals surface area contributed by atoms with Crippen LogP contribution in [0.1, 0.15) is 40.0 Å². The molecule has 0 amide bonds. The lowest BCUT2D eigenvalue weighted by atomic mass is 9.79. The van der Waals surface area contributed by atoms with Gasteiger partial charge in [0, 0.05) is 13.1 Å². The van der Waals surface area contributed by atoms with E-state index in [1.165, 1.54) is 52.0 Å². The van der Waals surface area contributed by atoms with E-state index in [4.69, 9.17) is 0 Å². The van der Waals surface area contributed by atoms with Crippen LogP contribution in [0, 0.1) is 17.3 Å². The van der Waals surface area contributed by atoms with E-state index in [2.05, 4.69) is 31.0 Å². The lowest BCUT2D eigenvalue weighted by Crippen LogP contribution is -2.52. The number of nitrogens with zero attached hydrogens (tertiary/aromatic N) is 1. The Balaban J connectivity index is 1.62. The van der Waals surface area contributed by atoms with Gasteiger partial charge in [0.1, 0.15) is 0 Å². The third-order valence-electron chi connectivity index (χ3n) is 4.21. The van der Waals surface area contributed by atoms with Gasteiger partial charge in [-0.15, -0.1) is 0 Å². The minimum Gasteiger partial charge on any atom is -0.317 e. The molecular weight excluding hydrogens is 196 g/mol. The van der Waals surface area contributed by atoms with Gasteiger partial charge in [-0.05, 0) is 56.1 Å². The molecule has 0 saturated carbocycles. The van der Waals surface area contributed by atoms with Crippen molar-refractivity contribution in [3.63, 3.8) is 0 Å². The molecule has 0 radical (unpaired) electrons. The Labute approximate surface area is 101 Å². The fraction of sp³-hybridized carbons (Fsp3) is 1.00. The Morgan fingerprint density at radius 3 is 2.25 bits per heavy atom. The monoisotopic (exact) mass is 224 g/mol. The second-order valence-corrected chi connectivity index (χ2v) is 6.92. The van der Waals surface area contributed by atoms with Crippen molar-refractivity contribution in [3.8, 4) is 0 Å². The molecule has 2 heterocycles. The summed E-state index contributed by atoms with van der Waals surface area (Å²) in [5.74, 6) is 2.04. The van der Waals surface area contributed by atoms with Crippen molar-refractivity contribution in [1.82, 2.24) is 10.2 Å². The van der Waals surface area contributed by atoms with Crippen LogP contribution in [0.5, 0.6) is 0 Å². The Bertz CT molecular complexity index is 207. The number of nitrogens with one attached hydrogen (secondary N) is 1. The molecular formula is C14H28N2. The van der Waals surface area contributed by atoms with Crippen LogP contribution in [-0.2, 0) is 0 Å². The normalized spacial score (nSPS) is 25.7. The molecule has 0 spiro atoms. The number of likely N-dealkylation sites (tertiary alicyclic amines) is 1. The third kappa shape index (κ3) is 3.46. The second-order valence-electron chi connectivity index (χ2n) is 6.92. The molecule has 2 aliphatic rings. The third-order valence-corrected chi connectivity index (χ3v) is 4.21. The highest BCUT2D eigenvalue weighted by atomic mass is 15.2. The quantitative estimate of drug-likeness (QED) is 0.791. The number of rotatable bonds is 3. The van der Waals surface area contributed by atoms with Gasteiger partial charge in [0.25, 0.3) is 0 Å². The van der Waals surface area contributed by atoms with Gasteiger partial charge in [-0.25, -0.2) is 0 Å². The lowest BCUT2D eigenvalue weighted by Gasteiger charge is -2.45. The van der Waals surface area contributed by atoms with E-state index in [-0.39, 0.29) is 0 Å². The van der Waals surface area contributed by atoms with Gasteiger partial charge < -0.3 is 10.2 Å². The van der Waals surface area contributed by atoms with Crippen LogP contribution in [0.25, 0.3) is 0 Å². The zero-order valence-electron chi connectivity index (χ0n) is 11.3. The van der Waals surface area contributed by atoms with Crippen molar-refractivity contribution in [2.24, 2.45) is 17.3 Å². The van der Waals surface area contributed by atoms with Crippen LogP contribution >= 0.6 is 0 Å². The molecule has 0 atom stereocenters. The fourth-order valence-electron chi connectivity index (χ4n) is 2.90. The Morgan fingerprint density at radius 1 is 1.06 bits per heavy atom. The lowest BCUT2D eigenvalue weighted by molar-refractivity contribution is 0.0376. The first kappa shape index (κ1) is 12.4. The van der Waals surface area contributed by atoms with Crippen LogP contribution in [0.4, 0.5) is 0 Å². The van der Waals surface area contributed by atoms with E-state index in [0.717, 1.165) is 11.8 Å². The summed E-state index contributed by atoms with van der Waals surface area (Å²) in [5.41, 5.74) is 0.500. The summed E-state index contributed by atoms with van der Waals surface area (Å²) in [6, 6.07) is 0. The highest BCUT2D eigenvalue weighted by molar-refractivity contribution is 4.87. The van der Waals surface area contributed by atoms with Crippen LogP contribution in [0.15, 0.2) is 0 Å². The Kier molecular flexibility index (Phi) is 3.91. The van der Waals surface area contributed by atoms with Gasteiger partial charge in [0.2, 0.25) is 0 Å². The SMILES string of the molecule is CC(C)(C)CCN1CC(C2CCNCC2)C1. The van der Waals surface area contributed by atoms with E-state index in [1.54, 1.807) is 0 Å². The first-order valence-corrected chi connectivity index (χ1v) is 6.98. The van der Waals surface area contributed by atoms with Gasteiger partial charge in [-0.3, -0.25) is 0 Å². The Morgan fingerprint density at radius 2 is 1.69 bits per heavy atom. The van der Waals surface area contributed by atoms with Crippen molar-refractivity contribution < 1.29 is 0 Å². The molecule has 0 aromatic carbocycles. The highest BCUT2D eigenvalue weighted by Crippen LogP contribution is 2.31. The van der Waals surface area contributed by atoms with Crippen molar-refractivity contribution in [3.05, 3.63) is 0 Å². The predicted molar refractivity (Wildman–Crippen MR) is 69.6 cm³/mol. The summed E-state index contributed by atoms with van der Waals surface area (Å²) in [5, 5.41) is 3.46. The van der Waals surface area contributed by atoms with Gasteiger partial charge in [0.15, 0.2) is 0 Å². The number of hydrogen-bond donors (Lipinski definition) is 1. The molecule has 16 heavy (non-hydrogen) atoms. The number of piperidine rings is 1. The molecule has 0 aromatic rings. The molecule has 0 aromatic heterocycles. The molecule has 2 nitrogen and oxygen atoms in total. The summed E-state index contributed by atoms with van der Waals surface area (Å²) in [6.07, 6.45) is 4.17. The molecule has 2 heteroatoms. The molecule has 2 saturated heterocycles. The Hall–Kier alpha value is -0.0800. The second kappa shape index (κ2) is 5.05. The maximum atomic E-state index is 3.46. The molecule has 2 fully saturated rings. The highest BCUT2D eigenvalue weighted by Gasteiger charge is 2.33. The molecule has 1 N–H and O–H groups in total. The first-order valence-electron chi connectivity index (χ1n) is 6.98. The zero-order valence-corrected chi connectivity index (χ0v) is 11.3. The van der Waals surface area contributed by atoms with Crippen molar-refractivity contribution in [2.75, 3.05) is 32.7 Å². The zero-order chi connectivity index (χ0) is 11.6. The standard InChI is InChI=1S/C14H28N2/c1-14(2,3)6-9-16-10-13(11-16)12-4-7-15-8-5-12/h12-13,15H,4-11H2,1-3H3. The van der Waals surface area contributed by atoms with Crippen LogP contribution in [0.3, 0.4) is 0 Å². The van der Waals surface area contributed by atoms with Gasteiger partial charge >= 0.3 is 0 Å². The molecule has 94 valence electrons. The number of hydrogen-bond acceptors (Lipinski definition) is 2. The molecule has 0 aliphatic carbocycles. The maximum Gasteiger partial charge on any atom is 0.00247 e. The van der Waals surface area contributed by atoms with Crippen molar-refractivity contribution >= 4 is 0 Å². The summed E-state index contributed by atoms with van der Waals surface area (Å²) in [6.45, 7) is 13.6. The van der Waals surface area contributed by atoms with Gasteiger partial charge in [0.05, 0.1) is 0 Å². The van der Waals surface area contributed by atoms with Crippen LogP contribution in [-0.4, -0.2) is 37.6 Å². The van der Waals surface area contributed by atoms with Gasteiger partial charge in [-0.2, -0.15) is 0 Å². The summed E-state index contributed by atoms with van der Waals surface area (Å²) in [7, 11) is 0. The fourth-order valence-corrected chi connectivity index (χ4v) is 2.90. The van der Waals surface area contributed by atoms with Crippen molar-refractivity contribution in [2.45, 2.75) is 40.0 Å². The smallest absolute Gasteiger partial charge is 0.00247 e. The van der Waals surface area contributed by atoms with Gasteiger partial charge in [-0.1, -0.05) is 20.8 Å². The first-order chi connectivity index (χ1) is 7.54. The van der Waals surface area contributed by atoms with E-state index in [0.29, 0.717) is 5.41 Å². The molecule has 2 aliphatic heterocycles. The van der Waals surface area contributed by atoms with E-state index in [9.17, 15) is 0 Å². The average Bonchev–Trinajstić information content (AvgIpc) is 2.15. The maximum absolute atomic E-state index is 3.46. The summed E-state index contributed by atoms with van der Waals surface area (Å²) >= 11 is 0. The topological polar surface area (TPSA) is 15.3 Å². The summed E-state index contributed by atoms with van der Waals surface area (Å²) in [4.78, 5) is 2.65. The van der Waals surface area contributed by atoms with Crippen LogP contribution < -0.4 is 5.32 Å². The summed E-state index contributed by atoms with van der Waals surface area (Å²) < 4.78 is 0. The minimum atomic E-state index is 0.500. The molecule has 0 unspecified atom stereocenters. The van der Waals surface area contributed by atoms with Crippen molar-refractivity contribution in [1.29, 1.82) is 0 Å². The minimum absolute atomic E-state index is 0.500. The predicted octanol–water partition coefficient (Wildman–Crippen LogP) is 2.35. The van der Waals surface area contributed by atoms with E-state index >= 15 is 0 Å².